The third-order valence-electron chi connectivity index (χ3n) is 2.32. The van der Waals surface area contributed by atoms with E-state index < -0.39 is 11.9 Å². The molecule has 1 aromatic rings. The molecule has 0 saturated carbocycles. The minimum Gasteiger partial charge on any atom is -0.493 e. The smallest absolute Gasteiger partial charge is 0.163 e. The van der Waals surface area contributed by atoms with Crippen LogP contribution in [0.15, 0.2) is 24.8 Å². The van der Waals surface area contributed by atoms with E-state index in [-0.39, 0.29) is 12.4 Å². The van der Waals surface area contributed by atoms with Gasteiger partial charge in [0.2, 0.25) is 0 Å². The van der Waals surface area contributed by atoms with Crippen molar-refractivity contribution in [2.45, 2.75) is 12.5 Å². The first-order chi connectivity index (χ1) is 7.63. The summed E-state index contributed by atoms with van der Waals surface area (Å²) in [6.45, 7) is 3.57. The van der Waals surface area contributed by atoms with Crippen molar-refractivity contribution in [1.29, 1.82) is 0 Å². The van der Waals surface area contributed by atoms with E-state index in [9.17, 15) is 4.39 Å². The van der Waals surface area contributed by atoms with Gasteiger partial charge in [-0.15, -0.1) is 19.0 Å². The predicted octanol–water partition coefficient (Wildman–Crippen LogP) is 2.84. The van der Waals surface area contributed by atoms with Crippen LogP contribution in [0.5, 0.6) is 11.5 Å². The zero-order valence-electron chi connectivity index (χ0n) is 9.90. The van der Waals surface area contributed by atoms with E-state index in [0.29, 0.717) is 23.5 Å². The standard InChI is InChI=1S/C12H16FNO2.ClH/c1-4-5-10(14)8-6-11(15-2)12(16-3)7-9(8)13;/h4,6-7,10H,1,5,14H2,2-3H3;1H/t10-;/m1./s1. The third kappa shape index (κ3) is 3.61. The van der Waals surface area contributed by atoms with Crippen molar-refractivity contribution in [2.24, 2.45) is 5.73 Å². The maximum Gasteiger partial charge on any atom is 0.163 e. The number of benzene rings is 1. The van der Waals surface area contributed by atoms with Gasteiger partial charge in [-0.1, -0.05) is 6.08 Å². The van der Waals surface area contributed by atoms with Crippen molar-refractivity contribution in [3.8, 4) is 11.5 Å². The van der Waals surface area contributed by atoms with Gasteiger partial charge >= 0.3 is 0 Å². The monoisotopic (exact) mass is 261 g/mol. The minimum atomic E-state index is -0.419. The van der Waals surface area contributed by atoms with Crippen molar-refractivity contribution >= 4 is 12.4 Å². The second kappa shape index (κ2) is 7.14. The molecule has 1 rings (SSSR count). The SMILES string of the molecule is C=CC[C@@H](N)c1cc(OC)c(OC)cc1F.Cl. The molecule has 0 fully saturated rings. The molecule has 5 heteroatoms. The quantitative estimate of drug-likeness (QED) is 0.829. The number of rotatable bonds is 5. The van der Waals surface area contributed by atoms with Gasteiger partial charge in [0.25, 0.3) is 0 Å². The molecule has 1 aromatic carbocycles. The first kappa shape index (κ1) is 15.7. The Bertz CT molecular complexity index is 385. The first-order valence-electron chi connectivity index (χ1n) is 4.92. The first-order valence-corrected chi connectivity index (χ1v) is 4.92. The molecular formula is C12H17ClFNO2. The molecule has 0 aliphatic carbocycles. The highest BCUT2D eigenvalue weighted by Crippen LogP contribution is 2.32. The number of ether oxygens (including phenoxy) is 2. The Morgan fingerprint density at radius 1 is 1.35 bits per heavy atom. The molecule has 3 nitrogen and oxygen atoms in total. The summed E-state index contributed by atoms with van der Waals surface area (Å²) < 4.78 is 23.8. The largest absolute Gasteiger partial charge is 0.493 e. The molecule has 0 aliphatic heterocycles. The van der Waals surface area contributed by atoms with E-state index >= 15 is 0 Å². The highest BCUT2D eigenvalue weighted by molar-refractivity contribution is 5.85. The van der Waals surface area contributed by atoms with Crippen molar-refractivity contribution < 1.29 is 13.9 Å². The average molecular weight is 262 g/mol. The molecule has 0 spiro atoms. The summed E-state index contributed by atoms with van der Waals surface area (Å²) >= 11 is 0. The van der Waals surface area contributed by atoms with Crippen LogP contribution in [0.2, 0.25) is 0 Å². The van der Waals surface area contributed by atoms with Crippen LogP contribution in [0.1, 0.15) is 18.0 Å². The molecule has 0 amide bonds. The number of hydrogen-bond donors (Lipinski definition) is 1. The van der Waals surface area contributed by atoms with Crippen molar-refractivity contribution in [1.82, 2.24) is 0 Å². The van der Waals surface area contributed by atoms with Gasteiger partial charge in [0.1, 0.15) is 5.82 Å². The van der Waals surface area contributed by atoms with Crippen LogP contribution in [-0.4, -0.2) is 14.2 Å². The van der Waals surface area contributed by atoms with E-state index in [0.717, 1.165) is 0 Å². The van der Waals surface area contributed by atoms with Gasteiger partial charge in [-0.05, 0) is 12.5 Å². The summed E-state index contributed by atoms with van der Waals surface area (Å²) in [6, 6.07) is 2.41. The molecule has 0 aliphatic rings. The lowest BCUT2D eigenvalue weighted by Gasteiger charge is -2.14. The fraction of sp³-hybridized carbons (Fsp3) is 0.333. The van der Waals surface area contributed by atoms with Crippen LogP contribution in [-0.2, 0) is 0 Å². The fourth-order valence-electron chi connectivity index (χ4n) is 1.46. The van der Waals surface area contributed by atoms with Gasteiger partial charge in [0.15, 0.2) is 11.5 Å². The normalized spacial score (nSPS) is 11.3. The van der Waals surface area contributed by atoms with E-state index in [1.54, 1.807) is 12.1 Å². The number of hydrogen-bond acceptors (Lipinski definition) is 3. The molecule has 2 N–H and O–H groups in total. The van der Waals surface area contributed by atoms with E-state index in [1.807, 2.05) is 0 Å². The second-order valence-electron chi connectivity index (χ2n) is 3.36. The van der Waals surface area contributed by atoms with Crippen molar-refractivity contribution in [2.75, 3.05) is 14.2 Å². The lowest BCUT2D eigenvalue weighted by Crippen LogP contribution is -2.11. The van der Waals surface area contributed by atoms with Gasteiger partial charge in [-0.3, -0.25) is 0 Å². The number of methoxy groups -OCH3 is 2. The van der Waals surface area contributed by atoms with Crippen LogP contribution in [0, 0.1) is 5.82 Å². The Kier molecular flexibility index (Phi) is 6.61. The molecule has 0 heterocycles. The summed E-state index contributed by atoms with van der Waals surface area (Å²) in [4.78, 5) is 0. The van der Waals surface area contributed by atoms with Gasteiger partial charge in [0, 0.05) is 17.7 Å². The summed E-state index contributed by atoms with van der Waals surface area (Å²) in [6.07, 6.45) is 2.16. The maximum absolute atomic E-state index is 13.7. The van der Waals surface area contributed by atoms with E-state index in [1.165, 1.54) is 20.3 Å². The van der Waals surface area contributed by atoms with Crippen LogP contribution in [0.3, 0.4) is 0 Å². The van der Waals surface area contributed by atoms with E-state index in [2.05, 4.69) is 6.58 Å². The lowest BCUT2D eigenvalue weighted by atomic mass is 10.0. The number of halogens is 2. The Labute approximate surface area is 107 Å². The summed E-state index contributed by atoms with van der Waals surface area (Å²) in [5.74, 6) is 0.431. The number of nitrogens with two attached hydrogens (primary N) is 1. The third-order valence-corrected chi connectivity index (χ3v) is 2.32. The molecule has 0 saturated heterocycles. The molecule has 0 radical (unpaired) electrons. The Hall–Kier alpha value is -1.26. The highest BCUT2D eigenvalue weighted by atomic mass is 35.5. The lowest BCUT2D eigenvalue weighted by molar-refractivity contribution is 0.351. The average Bonchev–Trinajstić information content (AvgIpc) is 2.28. The molecule has 17 heavy (non-hydrogen) atoms. The Morgan fingerprint density at radius 3 is 2.35 bits per heavy atom. The van der Waals surface area contributed by atoms with Crippen molar-refractivity contribution in [3.05, 3.63) is 36.2 Å². The predicted molar refractivity (Wildman–Crippen MR) is 68.5 cm³/mol. The van der Waals surface area contributed by atoms with Gasteiger partial charge in [0.05, 0.1) is 14.2 Å². The molecular weight excluding hydrogens is 245 g/mol. The molecule has 1 atom stereocenters. The molecule has 0 unspecified atom stereocenters. The molecule has 96 valence electrons. The van der Waals surface area contributed by atoms with E-state index in [4.69, 9.17) is 15.2 Å². The zero-order valence-corrected chi connectivity index (χ0v) is 10.7. The summed E-state index contributed by atoms with van der Waals surface area (Å²) in [5, 5.41) is 0. The summed E-state index contributed by atoms with van der Waals surface area (Å²) in [5.41, 5.74) is 6.21. The molecule has 0 aromatic heterocycles. The van der Waals surface area contributed by atoms with Crippen LogP contribution in [0.25, 0.3) is 0 Å². The van der Waals surface area contributed by atoms with Crippen LogP contribution in [0.4, 0.5) is 4.39 Å². The van der Waals surface area contributed by atoms with Crippen LogP contribution < -0.4 is 15.2 Å². The maximum atomic E-state index is 13.7. The topological polar surface area (TPSA) is 44.5 Å². The Morgan fingerprint density at radius 2 is 1.88 bits per heavy atom. The Balaban J connectivity index is 0.00000256. The second-order valence-corrected chi connectivity index (χ2v) is 3.36. The fourth-order valence-corrected chi connectivity index (χ4v) is 1.46. The zero-order chi connectivity index (χ0) is 12.1. The highest BCUT2D eigenvalue weighted by Gasteiger charge is 2.15. The van der Waals surface area contributed by atoms with Gasteiger partial charge < -0.3 is 15.2 Å². The van der Waals surface area contributed by atoms with Crippen LogP contribution >= 0.6 is 12.4 Å². The minimum absolute atomic E-state index is 0. The molecule has 0 bridgehead atoms. The summed E-state index contributed by atoms with van der Waals surface area (Å²) in [7, 11) is 2.96. The van der Waals surface area contributed by atoms with Crippen molar-refractivity contribution in [3.63, 3.8) is 0 Å². The van der Waals surface area contributed by atoms with Gasteiger partial charge in [-0.2, -0.15) is 0 Å². The van der Waals surface area contributed by atoms with Gasteiger partial charge in [-0.25, -0.2) is 4.39 Å².